The lowest BCUT2D eigenvalue weighted by Gasteiger charge is -2.33. The molecule has 0 aliphatic carbocycles. The molecule has 1 aromatic heterocycles. The molecule has 4 nitrogen and oxygen atoms in total. The molecule has 1 saturated heterocycles. The van der Waals surface area contributed by atoms with Gasteiger partial charge in [0.25, 0.3) is 0 Å². The van der Waals surface area contributed by atoms with Gasteiger partial charge in [-0.1, -0.05) is 12.1 Å². The van der Waals surface area contributed by atoms with Gasteiger partial charge in [0.05, 0.1) is 5.69 Å². The van der Waals surface area contributed by atoms with Crippen molar-refractivity contribution in [3.8, 4) is 11.3 Å². The van der Waals surface area contributed by atoms with E-state index in [4.69, 9.17) is 0 Å². The summed E-state index contributed by atoms with van der Waals surface area (Å²) in [5, 5.41) is 2.87. The van der Waals surface area contributed by atoms with E-state index in [0.717, 1.165) is 42.6 Å². The molecule has 6 heteroatoms. The predicted octanol–water partition coefficient (Wildman–Crippen LogP) is 2.62. The highest BCUT2D eigenvalue weighted by atomic mass is 32.1. The molecule has 0 atom stereocenters. The number of halogens is 1. The lowest BCUT2D eigenvalue weighted by molar-refractivity contribution is -0.129. The molecule has 110 valence electrons. The zero-order valence-electron chi connectivity index (χ0n) is 11.8. The van der Waals surface area contributed by atoms with E-state index in [1.54, 1.807) is 24.3 Å². The number of amides is 1. The monoisotopic (exact) mass is 305 g/mol. The maximum Gasteiger partial charge on any atom is 0.219 e. The first kappa shape index (κ1) is 14.0. The van der Waals surface area contributed by atoms with Crippen LogP contribution >= 0.6 is 11.3 Å². The molecule has 3 rings (SSSR count). The van der Waals surface area contributed by atoms with Gasteiger partial charge >= 0.3 is 0 Å². The van der Waals surface area contributed by atoms with E-state index in [1.165, 1.54) is 12.1 Å². The minimum absolute atomic E-state index is 0.120. The zero-order valence-corrected chi connectivity index (χ0v) is 12.6. The van der Waals surface area contributed by atoms with Gasteiger partial charge in [-0.05, 0) is 12.1 Å². The Balaban J connectivity index is 1.73. The van der Waals surface area contributed by atoms with Crippen molar-refractivity contribution >= 4 is 22.4 Å². The summed E-state index contributed by atoms with van der Waals surface area (Å²) in [5.74, 6) is -0.133. The van der Waals surface area contributed by atoms with Gasteiger partial charge in [0.2, 0.25) is 5.91 Å². The van der Waals surface area contributed by atoms with Crippen LogP contribution in [-0.2, 0) is 4.79 Å². The summed E-state index contributed by atoms with van der Waals surface area (Å²) in [6, 6.07) is 6.47. The number of thiazole rings is 1. The highest BCUT2D eigenvalue weighted by molar-refractivity contribution is 7.14. The number of benzene rings is 1. The van der Waals surface area contributed by atoms with Gasteiger partial charge in [0, 0.05) is 44.0 Å². The summed E-state index contributed by atoms with van der Waals surface area (Å²) in [6.07, 6.45) is 0. The maximum absolute atomic E-state index is 13.3. The molecule has 0 spiro atoms. The van der Waals surface area contributed by atoms with Crippen molar-refractivity contribution in [3.05, 3.63) is 35.5 Å². The first-order valence-corrected chi connectivity index (χ1v) is 7.73. The molecule has 0 radical (unpaired) electrons. The third-order valence-corrected chi connectivity index (χ3v) is 4.51. The fraction of sp³-hybridized carbons (Fsp3) is 0.333. The van der Waals surface area contributed by atoms with Gasteiger partial charge in [0.1, 0.15) is 5.82 Å². The summed E-state index contributed by atoms with van der Waals surface area (Å²) >= 11 is 1.56. The average molecular weight is 305 g/mol. The quantitative estimate of drug-likeness (QED) is 0.856. The van der Waals surface area contributed by atoms with Crippen LogP contribution in [0.15, 0.2) is 29.6 Å². The Hall–Kier alpha value is -1.95. The van der Waals surface area contributed by atoms with Crippen molar-refractivity contribution in [2.45, 2.75) is 6.92 Å². The van der Waals surface area contributed by atoms with Crippen molar-refractivity contribution in [3.63, 3.8) is 0 Å². The standard InChI is InChI=1S/C15H16FN3OS/c1-11(20)18-5-7-19(8-6-18)15-17-14(10-21-15)12-3-2-4-13(16)9-12/h2-4,9-10H,5-8H2,1H3. The second kappa shape index (κ2) is 5.81. The lowest BCUT2D eigenvalue weighted by Crippen LogP contribution is -2.48. The van der Waals surface area contributed by atoms with Gasteiger partial charge in [-0.25, -0.2) is 9.37 Å². The Morgan fingerprint density at radius 2 is 2.05 bits per heavy atom. The molecule has 0 unspecified atom stereocenters. The summed E-state index contributed by atoms with van der Waals surface area (Å²) in [4.78, 5) is 19.9. The molecule has 2 aromatic rings. The normalized spacial score (nSPS) is 15.3. The molecule has 1 aromatic carbocycles. The number of anilines is 1. The zero-order chi connectivity index (χ0) is 14.8. The molecule has 1 amide bonds. The summed E-state index contributed by atoms with van der Waals surface area (Å²) in [6.45, 7) is 4.63. The van der Waals surface area contributed by atoms with Gasteiger partial charge in [0.15, 0.2) is 5.13 Å². The third-order valence-electron chi connectivity index (χ3n) is 3.61. The van der Waals surface area contributed by atoms with Crippen LogP contribution in [0.1, 0.15) is 6.92 Å². The number of piperazine rings is 1. The number of carbonyl (C=O) groups is 1. The number of hydrogen-bond acceptors (Lipinski definition) is 4. The number of carbonyl (C=O) groups excluding carboxylic acids is 1. The van der Waals surface area contributed by atoms with Crippen LogP contribution in [0.2, 0.25) is 0 Å². The molecule has 0 saturated carbocycles. The number of rotatable bonds is 2. The number of nitrogens with zero attached hydrogens (tertiary/aromatic N) is 3. The maximum atomic E-state index is 13.3. The average Bonchev–Trinajstić information content (AvgIpc) is 2.97. The third kappa shape index (κ3) is 3.05. The Morgan fingerprint density at radius 3 is 2.71 bits per heavy atom. The molecule has 2 heterocycles. The summed E-state index contributed by atoms with van der Waals surface area (Å²) in [5.41, 5.74) is 1.59. The van der Waals surface area contributed by atoms with Crippen molar-refractivity contribution in [2.75, 3.05) is 31.1 Å². The Labute approximate surface area is 126 Å². The second-order valence-corrected chi connectivity index (χ2v) is 5.86. The van der Waals surface area contributed by atoms with E-state index in [-0.39, 0.29) is 11.7 Å². The van der Waals surface area contributed by atoms with E-state index < -0.39 is 0 Å². The highest BCUT2D eigenvalue weighted by Gasteiger charge is 2.20. The van der Waals surface area contributed by atoms with Gasteiger partial charge in [-0.2, -0.15) is 0 Å². The minimum atomic E-state index is -0.253. The van der Waals surface area contributed by atoms with Gasteiger partial charge in [-0.15, -0.1) is 11.3 Å². The molecule has 1 aliphatic heterocycles. The van der Waals surface area contributed by atoms with Crippen molar-refractivity contribution in [1.82, 2.24) is 9.88 Å². The molecule has 0 bridgehead atoms. The molecule has 21 heavy (non-hydrogen) atoms. The molecular formula is C15H16FN3OS. The first-order valence-electron chi connectivity index (χ1n) is 6.85. The Bertz CT molecular complexity index is 650. The van der Waals surface area contributed by atoms with Gasteiger partial charge in [-0.3, -0.25) is 4.79 Å². The molecular weight excluding hydrogens is 289 g/mol. The van der Waals surface area contributed by atoms with E-state index in [0.29, 0.717) is 0 Å². The molecule has 1 aliphatic rings. The lowest BCUT2D eigenvalue weighted by atomic mass is 10.2. The number of aromatic nitrogens is 1. The van der Waals surface area contributed by atoms with Crippen LogP contribution in [0.25, 0.3) is 11.3 Å². The first-order chi connectivity index (χ1) is 10.1. The predicted molar refractivity (Wildman–Crippen MR) is 82.0 cm³/mol. The Kier molecular flexibility index (Phi) is 3.88. The van der Waals surface area contributed by atoms with Crippen LogP contribution in [-0.4, -0.2) is 42.0 Å². The largest absolute Gasteiger partial charge is 0.345 e. The fourth-order valence-electron chi connectivity index (χ4n) is 2.40. The van der Waals surface area contributed by atoms with E-state index in [9.17, 15) is 9.18 Å². The van der Waals surface area contributed by atoms with Crippen molar-refractivity contribution in [1.29, 1.82) is 0 Å². The van der Waals surface area contributed by atoms with Crippen LogP contribution in [0.5, 0.6) is 0 Å². The summed E-state index contributed by atoms with van der Waals surface area (Å²) < 4.78 is 13.3. The second-order valence-electron chi connectivity index (χ2n) is 5.02. The van der Waals surface area contributed by atoms with Crippen LogP contribution < -0.4 is 4.90 Å². The minimum Gasteiger partial charge on any atom is -0.345 e. The highest BCUT2D eigenvalue weighted by Crippen LogP contribution is 2.28. The van der Waals surface area contributed by atoms with E-state index >= 15 is 0 Å². The van der Waals surface area contributed by atoms with E-state index in [1.807, 2.05) is 16.3 Å². The van der Waals surface area contributed by atoms with Crippen LogP contribution in [0.4, 0.5) is 9.52 Å². The topological polar surface area (TPSA) is 36.4 Å². The van der Waals surface area contributed by atoms with Crippen molar-refractivity contribution in [2.24, 2.45) is 0 Å². The van der Waals surface area contributed by atoms with Crippen LogP contribution in [0, 0.1) is 5.82 Å². The summed E-state index contributed by atoms with van der Waals surface area (Å²) in [7, 11) is 0. The molecule has 1 fully saturated rings. The Morgan fingerprint density at radius 1 is 1.29 bits per heavy atom. The molecule has 0 N–H and O–H groups in total. The van der Waals surface area contributed by atoms with Gasteiger partial charge < -0.3 is 9.80 Å². The smallest absolute Gasteiger partial charge is 0.219 e. The van der Waals surface area contributed by atoms with Crippen molar-refractivity contribution < 1.29 is 9.18 Å². The van der Waals surface area contributed by atoms with Crippen LogP contribution in [0.3, 0.4) is 0 Å². The fourth-order valence-corrected chi connectivity index (χ4v) is 3.29. The number of hydrogen-bond donors (Lipinski definition) is 0. The van der Waals surface area contributed by atoms with E-state index in [2.05, 4.69) is 9.88 Å². The SMILES string of the molecule is CC(=O)N1CCN(c2nc(-c3cccc(F)c3)cs2)CC1.